The van der Waals surface area contributed by atoms with Crippen molar-refractivity contribution in [2.24, 2.45) is 4.99 Å². The molecule has 0 spiro atoms. The summed E-state index contributed by atoms with van der Waals surface area (Å²) >= 11 is 0. The van der Waals surface area contributed by atoms with Crippen LogP contribution in [0.4, 0.5) is 0 Å². The molecule has 3 aromatic heterocycles. The number of hydrogen-bond donors (Lipinski definition) is 3. The molecule has 4 heterocycles. The number of nitrogens with zero attached hydrogens (tertiary/aromatic N) is 1. The molecule has 4 nitrogen and oxygen atoms in total. The topological polar surface area (TPSA) is 59.7 Å². The standard InChI is InChI=1S/C33H44N4/c1-9-22-18-34-30(26(22)13-5)15-28-20(7)24(11-3)32(36-28)17-33-25(12-4)21(8)29(37-33)16-31-27(14-6)23(10-2)19-35-31/h15-19,34,36-37H,9-14H2,1-8H3/b28-15-,31-16-,32-17-. The minimum Gasteiger partial charge on any atom is -0.361 e. The monoisotopic (exact) mass is 496 g/mol. The number of aromatic amines is 3. The van der Waals surface area contributed by atoms with Crippen LogP contribution in [-0.2, 0) is 25.7 Å². The molecule has 3 N–H and O–H groups in total. The van der Waals surface area contributed by atoms with Crippen molar-refractivity contribution in [3.8, 4) is 0 Å². The van der Waals surface area contributed by atoms with Crippen molar-refractivity contribution in [3.63, 3.8) is 0 Å². The SMILES string of the molecule is CCC1=C(CC)/C(=C/c2[nH]c(/C=c3\[nH]/c(=C\c4[nH]cc(CC)c4CC)c(C)c3CC)c(CC)c2C)N=C1. The van der Waals surface area contributed by atoms with Crippen LogP contribution >= 0.6 is 0 Å². The van der Waals surface area contributed by atoms with Crippen LogP contribution in [0.3, 0.4) is 0 Å². The summed E-state index contributed by atoms with van der Waals surface area (Å²) in [5, 5.41) is 2.39. The van der Waals surface area contributed by atoms with E-state index in [1.54, 1.807) is 0 Å². The van der Waals surface area contributed by atoms with Gasteiger partial charge in [-0.25, -0.2) is 0 Å². The normalized spacial score (nSPS) is 15.8. The van der Waals surface area contributed by atoms with Gasteiger partial charge in [0.15, 0.2) is 0 Å². The van der Waals surface area contributed by atoms with Gasteiger partial charge in [0.25, 0.3) is 0 Å². The molecular weight excluding hydrogens is 452 g/mol. The quantitative estimate of drug-likeness (QED) is 0.294. The Kier molecular flexibility index (Phi) is 8.26. The van der Waals surface area contributed by atoms with Crippen LogP contribution in [0.1, 0.15) is 105 Å². The molecule has 1 aliphatic rings. The minimum atomic E-state index is 0.986. The third-order valence-electron chi connectivity index (χ3n) is 8.11. The van der Waals surface area contributed by atoms with E-state index in [1.165, 1.54) is 66.6 Å². The number of rotatable bonds is 9. The average molecular weight is 497 g/mol. The summed E-state index contributed by atoms with van der Waals surface area (Å²) in [5.41, 5.74) is 15.6. The highest BCUT2D eigenvalue weighted by Crippen LogP contribution is 2.30. The molecular formula is C33H44N4. The Bertz CT molecular complexity index is 1490. The number of aryl methyl sites for hydroxylation is 1. The fourth-order valence-electron chi connectivity index (χ4n) is 5.91. The molecule has 0 amide bonds. The van der Waals surface area contributed by atoms with Crippen LogP contribution in [0.5, 0.6) is 0 Å². The van der Waals surface area contributed by atoms with Crippen molar-refractivity contribution >= 4 is 24.4 Å². The van der Waals surface area contributed by atoms with Crippen molar-refractivity contribution in [3.05, 3.63) is 84.2 Å². The maximum atomic E-state index is 4.75. The molecule has 0 atom stereocenters. The molecule has 3 aromatic rings. The van der Waals surface area contributed by atoms with Gasteiger partial charge in [-0.2, -0.15) is 0 Å². The largest absolute Gasteiger partial charge is 0.361 e. The highest BCUT2D eigenvalue weighted by atomic mass is 14.8. The fraction of sp³-hybridized carbons (Fsp3) is 0.424. The first-order valence-electron chi connectivity index (χ1n) is 14.2. The van der Waals surface area contributed by atoms with Gasteiger partial charge >= 0.3 is 0 Å². The number of hydrogen-bond acceptors (Lipinski definition) is 1. The first-order valence-corrected chi connectivity index (χ1v) is 14.2. The summed E-state index contributed by atoms with van der Waals surface area (Å²) in [6.07, 6.45) is 17.2. The smallest absolute Gasteiger partial charge is 0.0685 e. The van der Waals surface area contributed by atoms with Crippen molar-refractivity contribution in [1.82, 2.24) is 15.0 Å². The maximum Gasteiger partial charge on any atom is 0.0685 e. The van der Waals surface area contributed by atoms with E-state index in [0.29, 0.717) is 0 Å². The van der Waals surface area contributed by atoms with E-state index in [-0.39, 0.29) is 0 Å². The van der Waals surface area contributed by atoms with Gasteiger partial charge in [-0.3, -0.25) is 4.99 Å². The summed E-state index contributed by atoms with van der Waals surface area (Å²) < 4.78 is 0. The lowest BCUT2D eigenvalue weighted by Crippen LogP contribution is -2.12. The van der Waals surface area contributed by atoms with Crippen molar-refractivity contribution in [2.75, 3.05) is 0 Å². The highest BCUT2D eigenvalue weighted by Gasteiger charge is 2.16. The van der Waals surface area contributed by atoms with Gasteiger partial charge in [0.2, 0.25) is 0 Å². The van der Waals surface area contributed by atoms with Crippen LogP contribution in [0.15, 0.2) is 28.0 Å². The van der Waals surface area contributed by atoms with Gasteiger partial charge in [0.05, 0.1) is 5.70 Å². The Balaban J connectivity index is 1.83. The Hall–Kier alpha value is -3.27. The molecule has 37 heavy (non-hydrogen) atoms. The Labute approximate surface area is 222 Å². The van der Waals surface area contributed by atoms with Crippen LogP contribution in [-0.4, -0.2) is 21.2 Å². The molecule has 0 aliphatic carbocycles. The molecule has 196 valence electrons. The average Bonchev–Trinajstić information content (AvgIpc) is 3.64. The van der Waals surface area contributed by atoms with E-state index < -0.39 is 0 Å². The zero-order valence-corrected chi connectivity index (χ0v) is 24.1. The van der Waals surface area contributed by atoms with Crippen molar-refractivity contribution in [1.29, 1.82) is 0 Å². The van der Waals surface area contributed by atoms with Crippen LogP contribution < -0.4 is 10.7 Å². The summed E-state index contributed by atoms with van der Waals surface area (Å²) in [5.74, 6) is 0. The molecule has 0 bridgehead atoms. The zero-order valence-electron chi connectivity index (χ0n) is 24.1. The second-order valence-electron chi connectivity index (χ2n) is 10.0. The van der Waals surface area contributed by atoms with Crippen molar-refractivity contribution in [2.45, 2.75) is 93.9 Å². The molecule has 1 aliphatic heterocycles. The first-order chi connectivity index (χ1) is 17.9. The predicted octanol–water partition coefficient (Wildman–Crippen LogP) is 6.74. The fourth-order valence-corrected chi connectivity index (χ4v) is 5.91. The molecule has 4 rings (SSSR count). The molecule has 0 aromatic carbocycles. The van der Waals surface area contributed by atoms with E-state index >= 15 is 0 Å². The van der Waals surface area contributed by atoms with Gasteiger partial charge < -0.3 is 15.0 Å². The van der Waals surface area contributed by atoms with Crippen LogP contribution in [0.25, 0.3) is 18.2 Å². The lowest BCUT2D eigenvalue weighted by molar-refractivity contribution is 1.05. The molecule has 0 saturated heterocycles. The van der Waals surface area contributed by atoms with Crippen molar-refractivity contribution < 1.29 is 0 Å². The third-order valence-corrected chi connectivity index (χ3v) is 8.11. The van der Waals surface area contributed by atoms with Gasteiger partial charge in [-0.15, -0.1) is 0 Å². The lowest BCUT2D eigenvalue weighted by Gasteiger charge is -2.03. The first kappa shape index (κ1) is 26.8. The Morgan fingerprint density at radius 1 is 0.649 bits per heavy atom. The number of nitrogens with one attached hydrogen (secondary N) is 3. The van der Waals surface area contributed by atoms with E-state index in [9.17, 15) is 0 Å². The van der Waals surface area contributed by atoms with Gasteiger partial charge in [-0.05, 0) is 115 Å². The second kappa shape index (κ2) is 11.4. The number of allylic oxidation sites excluding steroid dienone is 2. The summed E-state index contributed by atoms with van der Waals surface area (Å²) in [4.78, 5) is 15.8. The zero-order chi connectivity index (χ0) is 26.7. The van der Waals surface area contributed by atoms with E-state index in [4.69, 9.17) is 4.99 Å². The summed E-state index contributed by atoms with van der Waals surface area (Å²) in [6, 6.07) is 0. The molecule has 0 saturated carbocycles. The summed E-state index contributed by atoms with van der Waals surface area (Å²) in [6.45, 7) is 17.9. The molecule has 4 heteroatoms. The third kappa shape index (κ3) is 4.99. The van der Waals surface area contributed by atoms with E-state index in [0.717, 1.165) is 49.9 Å². The second-order valence-corrected chi connectivity index (χ2v) is 10.0. The molecule has 0 radical (unpaired) electrons. The Morgan fingerprint density at radius 2 is 1.35 bits per heavy atom. The minimum absolute atomic E-state index is 0.986. The van der Waals surface area contributed by atoms with Crippen LogP contribution in [0, 0.1) is 13.8 Å². The van der Waals surface area contributed by atoms with Crippen LogP contribution in [0.2, 0.25) is 0 Å². The molecule has 0 fully saturated rings. The van der Waals surface area contributed by atoms with Gasteiger partial charge in [0.1, 0.15) is 0 Å². The molecule has 0 unspecified atom stereocenters. The van der Waals surface area contributed by atoms with E-state index in [1.807, 2.05) is 6.21 Å². The van der Waals surface area contributed by atoms with E-state index in [2.05, 4.69) is 94.8 Å². The lowest BCUT2D eigenvalue weighted by atomic mass is 10.0. The predicted molar refractivity (Wildman–Crippen MR) is 160 cm³/mol. The van der Waals surface area contributed by atoms with Gasteiger partial charge in [-0.1, -0.05) is 41.5 Å². The maximum absolute atomic E-state index is 4.75. The highest BCUT2D eigenvalue weighted by molar-refractivity contribution is 5.88. The number of H-pyrrole nitrogens is 3. The number of aromatic nitrogens is 3. The number of aliphatic imine (C=N–C) groups is 1. The van der Waals surface area contributed by atoms with Gasteiger partial charge in [0, 0.05) is 40.2 Å². The Morgan fingerprint density at radius 3 is 1.97 bits per heavy atom. The summed E-state index contributed by atoms with van der Waals surface area (Å²) in [7, 11) is 0.